The van der Waals surface area contributed by atoms with Crippen molar-refractivity contribution in [2.24, 2.45) is 0 Å². The summed E-state index contributed by atoms with van der Waals surface area (Å²) in [6.07, 6.45) is 0.404. The summed E-state index contributed by atoms with van der Waals surface area (Å²) in [6.45, 7) is 3.42. The predicted molar refractivity (Wildman–Crippen MR) is 91.7 cm³/mol. The number of esters is 1. The Morgan fingerprint density at radius 1 is 1.33 bits per heavy atom. The van der Waals surface area contributed by atoms with Crippen LogP contribution >= 0.6 is 23.2 Å². The maximum Gasteiger partial charge on any atom is 0.311 e. The molecule has 1 aromatic heterocycles. The van der Waals surface area contributed by atoms with Gasteiger partial charge in [0.1, 0.15) is 16.7 Å². The minimum Gasteiger partial charge on any atom is -0.425 e. The minimum absolute atomic E-state index is 0.0573. The predicted octanol–water partition coefficient (Wildman–Crippen LogP) is 3.71. The van der Waals surface area contributed by atoms with Crippen molar-refractivity contribution in [1.82, 2.24) is 4.98 Å². The van der Waals surface area contributed by atoms with Crippen LogP contribution in [-0.2, 0) is 11.2 Å². The Morgan fingerprint density at radius 2 is 2.04 bits per heavy atom. The van der Waals surface area contributed by atoms with E-state index in [2.05, 4.69) is 4.98 Å². The van der Waals surface area contributed by atoms with E-state index < -0.39 is 11.5 Å². The molecule has 24 heavy (non-hydrogen) atoms. The summed E-state index contributed by atoms with van der Waals surface area (Å²) in [5.41, 5.74) is 1.59. The summed E-state index contributed by atoms with van der Waals surface area (Å²) in [5, 5.41) is 9.53. The van der Waals surface area contributed by atoms with Gasteiger partial charge in [-0.1, -0.05) is 29.3 Å². The van der Waals surface area contributed by atoms with Crippen molar-refractivity contribution in [2.45, 2.75) is 26.7 Å². The lowest BCUT2D eigenvalue weighted by Gasteiger charge is -2.11. The second-order valence-electron chi connectivity index (χ2n) is 5.20. The van der Waals surface area contributed by atoms with Gasteiger partial charge in [-0.3, -0.25) is 9.59 Å². The van der Waals surface area contributed by atoms with E-state index in [1.165, 1.54) is 0 Å². The molecule has 2 rings (SSSR count). The molecule has 0 bridgehead atoms. The number of rotatable bonds is 4. The quantitative estimate of drug-likeness (QED) is 0.661. The Hall–Kier alpha value is -2.29. The Morgan fingerprint density at radius 3 is 2.71 bits per heavy atom. The highest BCUT2D eigenvalue weighted by molar-refractivity contribution is 6.43. The van der Waals surface area contributed by atoms with Gasteiger partial charge in [0.05, 0.1) is 11.4 Å². The summed E-state index contributed by atoms with van der Waals surface area (Å²) >= 11 is 11.8. The number of nitrogens with one attached hydrogen (secondary N) is 1. The molecule has 0 saturated heterocycles. The average molecular weight is 365 g/mol. The molecule has 0 unspecified atom stereocenters. The Kier molecular flexibility index (Phi) is 5.66. The molecule has 0 aliphatic rings. The van der Waals surface area contributed by atoms with Crippen LogP contribution in [-0.4, -0.2) is 11.0 Å². The summed E-state index contributed by atoms with van der Waals surface area (Å²) in [6, 6.07) is 6.66. The number of halogens is 2. The van der Waals surface area contributed by atoms with Crippen molar-refractivity contribution in [3.8, 4) is 11.8 Å². The van der Waals surface area contributed by atoms with Crippen molar-refractivity contribution in [2.75, 3.05) is 0 Å². The normalized spacial score (nSPS) is 10.3. The van der Waals surface area contributed by atoms with Crippen LogP contribution in [0.5, 0.6) is 5.75 Å². The first-order chi connectivity index (χ1) is 11.3. The molecular weight excluding hydrogens is 351 g/mol. The molecule has 124 valence electrons. The van der Waals surface area contributed by atoms with Gasteiger partial charge in [0.25, 0.3) is 5.56 Å². The number of aryl methyl sites for hydroxylation is 1. The standard InChI is InChI=1S/C17H14Cl2N2O3/c1-9-11(10(2)21-17(23)12(9)8-20)6-7-15(22)24-14-5-3-4-13(18)16(14)19/h3-5H,6-7H2,1-2H3,(H,21,23). The van der Waals surface area contributed by atoms with E-state index in [1.54, 1.807) is 32.0 Å². The first kappa shape index (κ1) is 18.1. The van der Waals surface area contributed by atoms with Crippen LogP contribution in [0.25, 0.3) is 0 Å². The number of hydrogen-bond donors (Lipinski definition) is 1. The molecule has 0 radical (unpaired) electrons. The zero-order chi connectivity index (χ0) is 17.9. The van der Waals surface area contributed by atoms with E-state index in [0.29, 0.717) is 22.7 Å². The topological polar surface area (TPSA) is 83.0 Å². The molecule has 1 N–H and O–H groups in total. The molecule has 0 saturated carbocycles. The number of pyridine rings is 1. The first-order valence-corrected chi connectivity index (χ1v) is 7.88. The van der Waals surface area contributed by atoms with Gasteiger partial charge in [-0.05, 0) is 43.5 Å². The lowest BCUT2D eigenvalue weighted by atomic mass is 9.99. The SMILES string of the molecule is Cc1[nH]c(=O)c(C#N)c(C)c1CCC(=O)Oc1cccc(Cl)c1Cl. The van der Waals surface area contributed by atoms with Gasteiger partial charge < -0.3 is 9.72 Å². The molecule has 5 nitrogen and oxygen atoms in total. The molecule has 0 amide bonds. The number of carbonyl (C=O) groups excluding carboxylic acids is 1. The Bertz CT molecular complexity index is 898. The van der Waals surface area contributed by atoms with E-state index >= 15 is 0 Å². The molecule has 0 aliphatic heterocycles. The van der Waals surface area contributed by atoms with E-state index in [4.69, 9.17) is 33.2 Å². The first-order valence-electron chi connectivity index (χ1n) is 7.12. The molecule has 0 atom stereocenters. The van der Waals surface area contributed by atoms with Gasteiger partial charge >= 0.3 is 5.97 Å². The molecule has 7 heteroatoms. The monoisotopic (exact) mass is 364 g/mol. The zero-order valence-corrected chi connectivity index (χ0v) is 14.6. The average Bonchev–Trinajstić information content (AvgIpc) is 2.51. The van der Waals surface area contributed by atoms with Crippen LogP contribution in [0, 0.1) is 25.2 Å². The third-order valence-electron chi connectivity index (χ3n) is 3.64. The maximum atomic E-state index is 12.0. The molecule has 0 spiro atoms. The van der Waals surface area contributed by atoms with Crippen LogP contribution in [0.4, 0.5) is 0 Å². The zero-order valence-electron chi connectivity index (χ0n) is 13.1. The van der Waals surface area contributed by atoms with Gasteiger partial charge in [0.15, 0.2) is 5.75 Å². The van der Waals surface area contributed by atoms with Crippen LogP contribution in [0.15, 0.2) is 23.0 Å². The van der Waals surface area contributed by atoms with E-state index in [0.717, 1.165) is 5.56 Å². The fraction of sp³-hybridized carbons (Fsp3) is 0.235. The van der Waals surface area contributed by atoms with Crippen molar-refractivity contribution in [3.63, 3.8) is 0 Å². The second kappa shape index (κ2) is 7.52. The molecule has 2 aromatic rings. The number of nitrogens with zero attached hydrogens (tertiary/aromatic N) is 1. The number of hydrogen-bond acceptors (Lipinski definition) is 4. The van der Waals surface area contributed by atoms with Gasteiger partial charge in [0, 0.05) is 5.69 Å². The summed E-state index contributed by atoms with van der Waals surface area (Å²) in [4.78, 5) is 26.3. The fourth-order valence-corrected chi connectivity index (χ4v) is 2.71. The highest BCUT2D eigenvalue weighted by Gasteiger charge is 2.15. The molecular formula is C17H14Cl2N2O3. The molecule has 0 aliphatic carbocycles. The van der Waals surface area contributed by atoms with Crippen LogP contribution in [0.1, 0.15) is 28.8 Å². The van der Waals surface area contributed by atoms with Crippen molar-refractivity contribution in [3.05, 3.63) is 61.0 Å². The number of H-pyrrole nitrogens is 1. The van der Waals surface area contributed by atoms with E-state index in [-0.39, 0.29) is 22.8 Å². The number of benzene rings is 1. The number of aromatic nitrogens is 1. The molecule has 0 fully saturated rings. The maximum absolute atomic E-state index is 12.0. The lowest BCUT2D eigenvalue weighted by molar-refractivity contribution is -0.134. The Balaban J connectivity index is 2.14. The van der Waals surface area contributed by atoms with Crippen LogP contribution in [0.2, 0.25) is 10.0 Å². The smallest absolute Gasteiger partial charge is 0.311 e. The van der Waals surface area contributed by atoms with Crippen LogP contribution in [0.3, 0.4) is 0 Å². The highest BCUT2D eigenvalue weighted by atomic mass is 35.5. The van der Waals surface area contributed by atoms with Gasteiger partial charge in [0.2, 0.25) is 0 Å². The highest BCUT2D eigenvalue weighted by Crippen LogP contribution is 2.31. The number of nitriles is 1. The van der Waals surface area contributed by atoms with Gasteiger partial charge in [-0.25, -0.2) is 0 Å². The van der Waals surface area contributed by atoms with Gasteiger partial charge in [-0.2, -0.15) is 5.26 Å². The molecule has 1 aromatic carbocycles. The van der Waals surface area contributed by atoms with E-state index in [9.17, 15) is 9.59 Å². The second-order valence-corrected chi connectivity index (χ2v) is 5.98. The molecule has 1 heterocycles. The summed E-state index contributed by atoms with van der Waals surface area (Å²) in [5.74, 6) is -0.288. The van der Waals surface area contributed by atoms with Crippen molar-refractivity contribution >= 4 is 29.2 Å². The largest absolute Gasteiger partial charge is 0.425 e. The third kappa shape index (κ3) is 3.78. The minimum atomic E-state index is -0.484. The third-order valence-corrected chi connectivity index (χ3v) is 4.44. The fourth-order valence-electron chi connectivity index (χ4n) is 2.38. The van der Waals surface area contributed by atoms with Crippen molar-refractivity contribution in [1.29, 1.82) is 5.26 Å². The van der Waals surface area contributed by atoms with Crippen LogP contribution < -0.4 is 10.3 Å². The van der Waals surface area contributed by atoms with E-state index in [1.807, 2.05) is 6.07 Å². The summed E-state index contributed by atoms with van der Waals surface area (Å²) < 4.78 is 5.22. The number of carbonyl (C=O) groups is 1. The van der Waals surface area contributed by atoms with Gasteiger partial charge in [-0.15, -0.1) is 0 Å². The number of aromatic amines is 1. The van der Waals surface area contributed by atoms with Crippen molar-refractivity contribution < 1.29 is 9.53 Å². The lowest BCUT2D eigenvalue weighted by Crippen LogP contribution is -2.18. The Labute approximate surface area is 148 Å². The summed E-state index contributed by atoms with van der Waals surface area (Å²) in [7, 11) is 0. The number of ether oxygens (including phenoxy) is 1.